The van der Waals surface area contributed by atoms with E-state index in [4.69, 9.17) is 22.1 Å². The van der Waals surface area contributed by atoms with Crippen LogP contribution in [0.3, 0.4) is 0 Å². The van der Waals surface area contributed by atoms with Crippen LogP contribution in [0.1, 0.15) is 21.5 Å². The van der Waals surface area contributed by atoms with Gasteiger partial charge in [-0.15, -0.1) is 0 Å². The summed E-state index contributed by atoms with van der Waals surface area (Å²) >= 11 is 6.06. The summed E-state index contributed by atoms with van der Waals surface area (Å²) in [5.74, 6) is -1.65. The fraction of sp³-hybridized carbons (Fsp3) is 0.147. The Morgan fingerprint density at radius 2 is 1.49 bits per heavy atom. The van der Waals surface area contributed by atoms with Gasteiger partial charge in [-0.1, -0.05) is 66.2 Å². The van der Waals surface area contributed by atoms with Gasteiger partial charge < -0.3 is 21.1 Å². The minimum absolute atomic E-state index is 0.0436. The molecule has 0 saturated carbocycles. The summed E-state index contributed by atoms with van der Waals surface area (Å²) in [4.78, 5) is 38.9. The number of urea groups is 1. The number of aromatic nitrogens is 1. The molecule has 0 aliphatic heterocycles. The number of nitrogens with two attached hydrogens (primary N) is 1. The number of halogens is 4. The lowest BCUT2D eigenvalue weighted by molar-refractivity contribution is -0.145. The molecule has 1 atom stereocenters. The van der Waals surface area contributed by atoms with E-state index in [9.17, 15) is 27.6 Å². The number of benzene rings is 4. The first-order valence-corrected chi connectivity index (χ1v) is 15.5. The van der Waals surface area contributed by atoms with Gasteiger partial charge >= 0.3 is 17.5 Å². The molecule has 4 N–H and O–H groups in total. The second kappa shape index (κ2) is 14.8. The first kappa shape index (κ1) is 33.6. The van der Waals surface area contributed by atoms with Gasteiger partial charge in [0.15, 0.2) is 6.04 Å². The number of nitrogens with one attached hydrogen (secondary N) is 2. The van der Waals surface area contributed by atoms with Gasteiger partial charge in [0.2, 0.25) is 0 Å². The Balaban J connectivity index is 1.20. The highest BCUT2D eigenvalue weighted by atomic mass is 35.5. The number of alkyl halides is 3. The third-order valence-corrected chi connectivity index (χ3v) is 8.04. The van der Waals surface area contributed by atoms with Crippen LogP contribution in [0.2, 0.25) is 5.02 Å². The molecule has 5 aromatic rings. The molecule has 47 heavy (non-hydrogen) atoms. The van der Waals surface area contributed by atoms with Crippen LogP contribution < -0.4 is 16.4 Å². The SMILES string of the molecule is NC(C(=O)OCc1ccccc1)C(=O)n1cc(NC(=O)Nc2ccc(CCc3ccc(SC(F)(F)F)cc3)cc2)c2cc(Cl)ccc21. The van der Waals surface area contributed by atoms with Crippen molar-refractivity contribution < 1.29 is 32.3 Å². The largest absolute Gasteiger partial charge is 0.459 e. The molecular weight excluding hydrogens is 653 g/mol. The molecule has 0 saturated heterocycles. The second-order valence-electron chi connectivity index (χ2n) is 10.5. The molecule has 242 valence electrons. The minimum atomic E-state index is -4.33. The number of hydrogen-bond acceptors (Lipinski definition) is 6. The third-order valence-electron chi connectivity index (χ3n) is 7.07. The number of nitrogens with zero attached hydrogens (tertiary/aromatic N) is 1. The fourth-order valence-electron chi connectivity index (χ4n) is 4.74. The van der Waals surface area contributed by atoms with E-state index in [1.54, 1.807) is 66.7 Å². The van der Waals surface area contributed by atoms with Crippen molar-refractivity contribution >= 4 is 63.5 Å². The van der Waals surface area contributed by atoms with E-state index < -0.39 is 29.5 Å². The van der Waals surface area contributed by atoms with Gasteiger partial charge in [-0.25, -0.2) is 9.59 Å². The topological polar surface area (TPSA) is 115 Å². The summed E-state index contributed by atoms with van der Waals surface area (Å²) in [6.45, 7) is -0.0436. The lowest BCUT2D eigenvalue weighted by Gasteiger charge is -2.12. The first-order valence-electron chi connectivity index (χ1n) is 14.3. The molecule has 0 aliphatic carbocycles. The molecule has 1 unspecified atom stereocenters. The maximum atomic E-state index is 13.3. The quantitative estimate of drug-likeness (QED) is 0.0781. The van der Waals surface area contributed by atoms with Crippen LogP contribution in [0.5, 0.6) is 0 Å². The molecular formula is C34H28ClF3N4O4S. The van der Waals surface area contributed by atoms with Gasteiger partial charge in [-0.05, 0) is 83.8 Å². The van der Waals surface area contributed by atoms with Gasteiger partial charge in [0.25, 0.3) is 5.91 Å². The number of amides is 2. The Bertz CT molecular complexity index is 1880. The van der Waals surface area contributed by atoms with Crippen LogP contribution in [-0.2, 0) is 29.0 Å². The third kappa shape index (κ3) is 9.16. The average molecular weight is 681 g/mol. The van der Waals surface area contributed by atoms with Gasteiger partial charge in [0.05, 0.1) is 11.2 Å². The zero-order chi connectivity index (χ0) is 33.6. The molecule has 4 aromatic carbocycles. The highest BCUT2D eigenvalue weighted by Crippen LogP contribution is 2.36. The van der Waals surface area contributed by atoms with Crippen molar-refractivity contribution in [3.8, 4) is 0 Å². The highest BCUT2D eigenvalue weighted by molar-refractivity contribution is 8.00. The normalized spacial score (nSPS) is 12.0. The van der Waals surface area contributed by atoms with E-state index in [2.05, 4.69) is 10.6 Å². The summed E-state index contributed by atoms with van der Waals surface area (Å²) in [6, 6.07) is 24.9. The molecule has 0 aliphatic rings. The van der Waals surface area contributed by atoms with E-state index in [1.807, 2.05) is 18.2 Å². The smallest absolute Gasteiger partial charge is 0.446 e. The van der Waals surface area contributed by atoms with Gasteiger partial charge in [-0.3, -0.25) is 9.36 Å². The molecule has 0 radical (unpaired) electrons. The van der Waals surface area contributed by atoms with Gasteiger partial charge in [0, 0.05) is 27.2 Å². The molecule has 2 amide bonds. The fourth-order valence-corrected chi connectivity index (χ4v) is 5.45. The van der Waals surface area contributed by atoms with Crippen molar-refractivity contribution in [2.24, 2.45) is 5.73 Å². The zero-order valence-corrected chi connectivity index (χ0v) is 26.2. The number of anilines is 2. The van der Waals surface area contributed by atoms with Crippen molar-refractivity contribution in [3.05, 3.63) is 125 Å². The number of carbonyl (C=O) groups is 3. The van der Waals surface area contributed by atoms with Crippen molar-refractivity contribution in [2.45, 2.75) is 35.9 Å². The summed E-state index contributed by atoms with van der Waals surface area (Å²) in [7, 11) is 0. The molecule has 13 heteroatoms. The Hall–Kier alpha value is -4.78. The number of hydrogen-bond donors (Lipinski definition) is 3. The number of aryl methyl sites for hydroxylation is 2. The number of thioether (sulfide) groups is 1. The Morgan fingerprint density at radius 3 is 2.13 bits per heavy atom. The van der Waals surface area contributed by atoms with E-state index in [0.29, 0.717) is 34.5 Å². The molecule has 0 bridgehead atoms. The second-order valence-corrected chi connectivity index (χ2v) is 12.0. The van der Waals surface area contributed by atoms with Crippen molar-refractivity contribution in [2.75, 3.05) is 10.6 Å². The zero-order valence-electron chi connectivity index (χ0n) is 24.6. The van der Waals surface area contributed by atoms with E-state index in [1.165, 1.54) is 22.9 Å². The summed E-state index contributed by atoms with van der Waals surface area (Å²) in [6.07, 6.45) is 2.64. The van der Waals surface area contributed by atoms with E-state index in [-0.39, 0.29) is 29.0 Å². The summed E-state index contributed by atoms with van der Waals surface area (Å²) in [5.41, 5.74) is 5.40. The van der Waals surface area contributed by atoms with Crippen LogP contribution >= 0.6 is 23.4 Å². The molecule has 1 aromatic heterocycles. The number of ether oxygens (including phenoxy) is 1. The predicted molar refractivity (Wildman–Crippen MR) is 177 cm³/mol. The average Bonchev–Trinajstić information content (AvgIpc) is 3.39. The van der Waals surface area contributed by atoms with Crippen LogP contribution in [-0.4, -0.2) is 34.0 Å². The highest BCUT2D eigenvalue weighted by Gasteiger charge is 2.29. The number of esters is 1. The number of carbonyl (C=O) groups excluding carboxylic acids is 3. The molecule has 5 rings (SSSR count). The summed E-state index contributed by atoms with van der Waals surface area (Å²) in [5, 5.41) is 6.27. The van der Waals surface area contributed by atoms with Crippen LogP contribution in [0.15, 0.2) is 108 Å². The number of fused-ring (bicyclic) bond motifs is 1. The summed E-state index contributed by atoms with van der Waals surface area (Å²) < 4.78 is 44.1. The predicted octanol–water partition coefficient (Wildman–Crippen LogP) is 8.05. The molecule has 8 nitrogen and oxygen atoms in total. The van der Waals surface area contributed by atoms with Crippen molar-refractivity contribution in [1.29, 1.82) is 0 Å². The van der Waals surface area contributed by atoms with Crippen molar-refractivity contribution in [1.82, 2.24) is 4.57 Å². The Labute approximate surface area is 277 Å². The minimum Gasteiger partial charge on any atom is -0.459 e. The van der Waals surface area contributed by atoms with Crippen molar-refractivity contribution in [3.63, 3.8) is 0 Å². The molecule has 1 heterocycles. The lowest BCUT2D eigenvalue weighted by atomic mass is 10.0. The number of rotatable bonds is 10. The van der Waals surface area contributed by atoms with Crippen LogP contribution in [0, 0.1) is 0 Å². The van der Waals surface area contributed by atoms with Crippen LogP contribution in [0.25, 0.3) is 10.9 Å². The lowest BCUT2D eigenvalue weighted by Crippen LogP contribution is -2.42. The maximum absolute atomic E-state index is 13.3. The Kier molecular flexibility index (Phi) is 10.5. The maximum Gasteiger partial charge on any atom is 0.446 e. The Morgan fingerprint density at radius 1 is 0.851 bits per heavy atom. The monoisotopic (exact) mass is 680 g/mol. The molecule has 0 spiro atoms. The van der Waals surface area contributed by atoms with Gasteiger partial charge in [-0.2, -0.15) is 13.2 Å². The standard InChI is InChI=1S/C34H28ClF3N4O4S/c35-24-12-17-29-27(18-24)28(19-42(29)31(43)30(39)32(44)46-20-23-4-2-1-3-5-23)41-33(45)40-25-13-8-21(9-14-25)6-7-22-10-15-26(16-11-22)47-34(36,37)38/h1-5,8-19,30H,6-7,20,39H2,(H2,40,41,45). The van der Waals surface area contributed by atoms with E-state index in [0.717, 1.165) is 16.7 Å². The van der Waals surface area contributed by atoms with Gasteiger partial charge in [0.1, 0.15) is 6.61 Å². The van der Waals surface area contributed by atoms with Crippen LogP contribution in [0.4, 0.5) is 29.3 Å². The molecule has 0 fully saturated rings. The first-order chi connectivity index (χ1) is 22.4. The van der Waals surface area contributed by atoms with E-state index >= 15 is 0 Å².